The van der Waals surface area contributed by atoms with Crippen LogP contribution < -0.4 is 5.43 Å². The molecule has 3 rings (SSSR count). The fourth-order valence-electron chi connectivity index (χ4n) is 2.15. The highest BCUT2D eigenvalue weighted by atomic mass is 32.1. The minimum Gasteiger partial charge on any atom is -0.258 e. The fourth-order valence-corrected chi connectivity index (χ4v) is 2.82. The molecule has 7 heteroatoms. The van der Waals surface area contributed by atoms with E-state index in [0.717, 1.165) is 5.56 Å². The van der Waals surface area contributed by atoms with E-state index in [-0.39, 0.29) is 5.69 Å². The molecule has 0 saturated heterocycles. The van der Waals surface area contributed by atoms with Gasteiger partial charge in [-0.1, -0.05) is 42.0 Å². The molecule has 1 aromatic heterocycles. The summed E-state index contributed by atoms with van der Waals surface area (Å²) in [4.78, 5) is 14.8. The summed E-state index contributed by atoms with van der Waals surface area (Å²) in [5.74, 6) is 0. The van der Waals surface area contributed by atoms with Crippen molar-refractivity contribution in [2.24, 2.45) is 5.10 Å². The van der Waals surface area contributed by atoms with Gasteiger partial charge in [0.15, 0.2) is 0 Å². The van der Waals surface area contributed by atoms with Crippen LogP contribution in [0.1, 0.15) is 11.1 Å². The maximum Gasteiger partial charge on any atom is 0.270 e. The second kappa shape index (κ2) is 7.01. The Labute approximate surface area is 142 Å². The van der Waals surface area contributed by atoms with Crippen molar-refractivity contribution in [3.8, 4) is 11.3 Å². The highest BCUT2D eigenvalue weighted by molar-refractivity contribution is 7.14. The number of nitrogens with zero attached hydrogens (tertiary/aromatic N) is 3. The zero-order valence-corrected chi connectivity index (χ0v) is 13.7. The van der Waals surface area contributed by atoms with Gasteiger partial charge in [-0.25, -0.2) is 4.98 Å². The number of non-ortho nitro benzene ring substituents is 1. The molecule has 24 heavy (non-hydrogen) atoms. The van der Waals surface area contributed by atoms with E-state index < -0.39 is 4.92 Å². The Bertz CT molecular complexity index is 905. The van der Waals surface area contributed by atoms with Crippen LogP contribution in [0.3, 0.4) is 0 Å². The molecule has 0 aliphatic heterocycles. The number of rotatable bonds is 5. The third-order valence-corrected chi connectivity index (χ3v) is 4.02. The molecule has 0 fully saturated rings. The summed E-state index contributed by atoms with van der Waals surface area (Å²) in [6, 6.07) is 14.4. The van der Waals surface area contributed by atoms with E-state index >= 15 is 0 Å². The van der Waals surface area contributed by atoms with Crippen LogP contribution in [-0.4, -0.2) is 16.1 Å². The Kier molecular flexibility index (Phi) is 4.62. The lowest BCUT2D eigenvalue weighted by Crippen LogP contribution is -1.91. The van der Waals surface area contributed by atoms with E-state index in [1.165, 1.54) is 29.0 Å². The molecule has 0 aliphatic carbocycles. The van der Waals surface area contributed by atoms with Gasteiger partial charge in [0.2, 0.25) is 5.13 Å². The van der Waals surface area contributed by atoms with Crippen molar-refractivity contribution in [3.63, 3.8) is 0 Å². The average molecular weight is 338 g/mol. The van der Waals surface area contributed by atoms with Crippen LogP contribution in [0.15, 0.2) is 59.0 Å². The first-order valence-corrected chi connectivity index (χ1v) is 8.06. The Morgan fingerprint density at radius 3 is 2.88 bits per heavy atom. The summed E-state index contributed by atoms with van der Waals surface area (Å²) in [5, 5.41) is 17.5. The minimum absolute atomic E-state index is 0.0486. The van der Waals surface area contributed by atoms with Crippen LogP contribution >= 0.6 is 11.3 Å². The van der Waals surface area contributed by atoms with Gasteiger partial charge in [-0.3, -0.25) is 15.5 Å². The first kappa shape index (κ1) is 15.8. The smallest absolute Gasteiger partial charge is 0.258 e. The van der Waals surface area contributed by atoms with Gasteiger partial charge in [-0.05, 0) is 12.5 Å². The number of nitrogens with one attached hydrogen (secondary N) is 1. The molecule has 1 heterocycles. The standard InChI is InChI=1S/C17H14N4O2S/c1-12-4-2-5-13(8-12)10-18-20-17-19-16(11-24-17)14-6-3-7-15(9-14)21(22)23/h2-11H,1H3,(H,19,20). The second-order valence-corrected chi connectivity index (χ2v) is 5.99. The quantitative estimate of drug-likeness (QED) is 0.423. The molecule has 6 nitrogen and oxygen atoms in total. The molecule has 1 N–H and O–H groups in total. The van der Waals surface area contributed by atoms with Gasteiger partial charge in [0.25, 0.3) is 5.69 Å². The van der Waals surface area contributed by atoms with Crippen LogP contribution in [-0.2, 0) is 0 Å². The Morgan fingerprint density at radius 2 is 2.08 bits per heavy atom. The molecule has 0 radical (unpaired) electrons. The fraction of sp³-hybridized carbons (Fsp3) is 0.0588. The van der Waals surface area contributed by atoms with Crippen LogP contribution in [0.2, 0.25) is 0 Å². The Balaban J connectivity index is 1.72. The maximum atomic E-state index is 10.8. The van der Waals surface area contributed by atoms with E-state index in [1.54, 1.807) is 18.3 Å². The van der Waals surface area contributed by atoms with Gasteiger partial charge in [0.1, 0.15) is 0 Å². The number of benzene rings is 2. The maximum absolute atomic E-state index is 10.8. The largest absolute Gasteiger partial charge is 0.270 e. The topological polar surface area (TPSA) is 80.4 Å². The van der Waals surface area contributed by atoms with Crippen LogP contribution in [0.5, 0.6) is 0 Å². The molecule has 0 spiro atoms. The van der Waals surface area contributed by atoms with Gasteiger partial charge in [0, 0.05) is 23.1 Å². The highest BCUT2D eigenvalue weighted by Gasteiger charge is 2.09. The average Bonchev–Trinajstić information content (AvgIpc) is 3.04. The third kappa shape index (κ3) is 3.82. The number of anilines is 1. The number of hydrogen-bond acceptors (Lipinski definition) is 6. The number of aromatic nitrogens is 1. The van der Waals surface area contributed by atoms with E-state index in [4.69, 9.17) is 0 Å². The molecular formula is C17H14N4O2S. The van der Waals surface area contributed by atoms with Crippen molar-refractivity contribution in [2.45, 2.75) is 6.92 Å². The summed E-state index contributed by atoms with van der Waals surface area (Å²) >= 11 is 1.39. The van der Waals surface area contributed by atoms with Crippen molar-refractivity contribution in [2.75, 3.05) is 5.43 Å². The summed E-state index contributed by atoms with van der Waals surface area (Å²) < 4.78 is 0. The normalized spacial score (nSPS) is 10.9. The van der Waals surface area contributed by atoms with Crippen LogP contribution in [0, 0.1) is 17.0 Å². The van der Waals surface area contributed by atoms with Crippen molar-refractivity contribution < 1.29 is 4.92 Å². The SMILES string of the molecule is Cc1cccc(C=NNc2nc(-c3cccc([N+](=O)[O-])c3)cs2)c1. The minimum atomic E-state index is -0.416. The number of nitro groups is 1. The monoisotopic (exact) mass is 338 g/mol. The molecule has 0 atom stereocenters. The molecule has 0 amide bonds. The summed E-state index contributed by atoms with van der Waals surface area (Å²) in [6.45, 7) is 2.02. The molecule has 2 aromatic carbocycles. The van der Waals surface area contributed by atoms with E-state index in [0.29, 0.717) is 16.4 Å². The van der Waals surface area contributed by atoms with E-state index in [9.17, 15) is 10.1 Å². The van der Waals surface area contributed by atoms with E-state index in [2.05, 4.69) is 15.5 Å². The predicted octanol–water partition coefficient (Wildman–Crippen LogP) is 4.47. The van der Waals surface area contributed by atoms with Gasteiger partial charge in [-0.2, -0.15) is 5.10 Å². The van der Waals surface area contributed by atoms with Gasteiger partial charge >= 0.3 is 0 Å². The number of nitro benzene ring substituents is 1. The number of aryl methyl sites for hydroxylation is 1. The van der Waals surface area contributed by atoms with Gasteiger partial charge in [0.05, 0.1) is 16.8 Å². The number of hydrogen-bond donors (Lipinski definition) is 1. The highest BCUT2D eigenvalue weighted by Crippen LogP contribution is 2.27. The molecular weight excluding hydrogens is 324 g/mol. The van der Waals surface area contributed by atoms with Crippen molar-refractivity contribution in [1.82, 2.24) is 4.98 Å². The molecule has 120 valence electrons. The van der Waals surface area contributed by atoms with E-state index in [1.807, 2.05) is 36.6 Å². The van der Waals surface area contributed by atoms with Crippen LogP contribution in [0.4, 0.5) is 10.8 Å². The summed E-state index contributed by atoms with van der Waals surface area (Å²) in [5.41, 5.74) is 6.48. The van der Waals surface area contributed by atoms with Gasteiger partial charge < -0.3 is 0 Å². The Hall–Kier alpha value is -3.06. The molecule has 0 aliphatic rings. The van der Waals surface area contributed by atoms with Gasteiger partial charge in [-0.15, -0.1) is 11.3 Å². The zero-order chi connectivity index (χ0) is 16.9. The molecule has 0 unspecified atom stereocenters. The zero-order valence-electron chi connectivity index (χ0n) is 12.8. The molecule has 0 bridgehead atoms. The second-order valence-electron chi connectivity index (χ2n) is 5.13. The first-order chi connectivity index (χ1) is 11.6. The molecule has 3 aromatic rings. The lowest BCUT2D eigenvalue weighted by molar-refractivity contribution is -0.384. The lowest BCUT2D eigenvalue weighted by atomic mass is 10.1. The number of hydrazone groups is 1. The van der Waals surface area contributed by atoms with Crippen molar-refractivity contribution >= 4 is 28.4 Å². The summed E-state index contributed by atoms with van der Waals surface area (Å²) in [7, 11) is 0. The van der Waals surface area contributed by atoms with Crippen LogP contribution in [0.25, 0.3) is 11.3 Å². The number of thiazole rings is 1. The summed E-state index contributed by atoms with van der Waals surface area (Å²) in [6.07, 6.45) is 1.72. The Morgan fingerprint density at radius 1 is 1.25 bits per heavy atom. The van der Waals surface area contributed by atoms with Crippen molar-refractivity contribution in [1.29, 1.82) is 0 Å². The van der Waals surface area contributed by atoms with Crippen molar-refractivity contribution in [3.05, 3.63) is 75.2 Å². The molecule has 0 saturated carbocycles. The predicted molar refractivity (Wildman–Crippen MR) is 96.6 cm³/mol. The third-order valence-electron chi connectivity index (χ3n) is 3.27. The first-order valence-electron chi connectivity index (χ1n) is 7.18. The lowest BCUT2D eigenvalue weighted by Gasteiger charge is -1.97.